The van der Waals surface area contributed by atoms with E-state index < -0.39 is 23.5 Å². The Morgan fingerprint density at radius 3 is 1.35 bits per heavy atom. The van der Waals surface area contributed by atoms with E-state index in [9.17, 15) is 19.2 Å². The third kappa shape index (κ3) is 36.4. The second-order valence-electron chi connectivity index (χ2n) is 17.7. The molecule has 6 amide bonds. The lowest BCUT2D eigenvalue weighted by atomic mass is 10.2. The number of nitrogens with one attached hydrogen (secondary N) is 3. The minimum atomic E-state index is -1.10. The molecule has 0 spiro atoms. The fourth-order valence-electron chi connectivity index (χ4n) is 8.50. The van der Waals surface area contributed by atoms with Crippen LogP contribution in [0.3, 0.4) is 0 Å². The van der Waals surface area contributed by atoms with Gasteiger partial charge in [-0.1, -0.05) is 34.6 Å². The first-order valence-electron chi connectivity index (χ1n) is 27.4. The molecule has 0 aromatic carbocycles. The smallest absolute Gasteiger partial charge is 0.412 e. The highest BCUT2D eigenvalue weighted by molar-refractivity contribution is 7.46. The molecular formula is C50H100N10O15P2. The molecule has 0 radical (unpaired) electrons. The molecule has 0 saturated carbocycles. The number of ether oxygens (including phenoxy) is 2. The van der Waals surface area contributed by atoms with Gasteiger partial charge in [0.25, 0.3) is 0 Å². The van der Waals surface area contributed by atoms with Gasteiger partial charge in [-0.15, -0.1) is 0 Å². The zero-order valence-corrected chi connectivity index (χ0v) is 49.3. The molecule has 27 heteroatoms. The lowest BCUT2D eigenvalue weighted by Crippen LogP contribution is -2.43. The molecule has 5 aliphatic rings. The highest BCUT2D eigenvalue weighted by Gasteiger charge is 2.30. The fraction of sp³-hybridized carbons (Fsp3) is 0.880. The van der Waals surface area contributed by atoms with Crippen molar-refractivity contribution in [3.8, 4) is 12.1 Å². The summed E-state index contributed by atoms with van der Waals surface area (Å²) in [5.74, 6) is 0. The first kappa shape index (κ1) is 75.6. The van der Waals surface area contributed by atoms with E-state index in [0.29, 0.717) is 56.8 Å². The van der Waals surface area contributed by atoms with E-state index in [1.54, 1.807) is 21.4 Å². The number of aliphatic hydroxyl groups excluding tert-OH is 5. The average molecular weight is 1140 g/mol. The molecule has 7 unspecified atom stereocenters. The number of carbonyl (C=O) groups excluding carboxylic acids is 4. The van der Waals surface area contributed by atoms with Crippen molar-refractivity contribution >= 4 is 41.0 Å². The van der Waals surface area contributed by atoms with Crippen molar-refractivity contribution in [3.63, 3.8) is 0 Å². The maximum Gasteiger partial charge on any atom is 0.412 e. The maximum atomic E-state index is 11.9. The van der Waals surface area contributed by atoms with Crippen LogP contribution in [0, 0.1) is 22.7 Å². The Balaban J connectivity index is 0. The van der Waals surface area contributed by atoms with Gasteiger partial charge in [-0.25, -0.2) is 19.2 Å². The van der Waals surface area contributed by atoms with Crippen molar-refractivity contribution in [2.45, 2.75) is 174 Å². The summed E-state index contributed by atoms with van der Waals surface area (Å²) < 4.78 is 30.7. The molecule has 5 rings (SSSR count). The topological polar surface area (TPSA) is 347 Å². The summed E-state index contributed by atoms with van der Waals surface area (Å²) in [6.07, 6.45) is 16.5. The molecular weight excluding hydrogens is 1040 g/mol. The van der Waals surface area contributed by atoms with Gasteiger partial charge in [0.15, 0.2) is 30.3 Å². The van der Waals surface area contributed by atoms with Crippen molar-refractivity contribution in [1.29, 1.82) is 10.5 Å². The molecule has 450 valence electrons. The minimum Gasteiger partial charge on any atom is -0.422 e. The van der Waals surface area contributed by atoms with E-state index in [1.807, 2.05) is 23.7 Å². The quantitative estimate of drug-likeness (QED) is 0.0373. The SMILES string of the molecule is CCC1CCCN1.CCC1CCCN1C(=O)NCO.CCC1CCCN1C(=O)NCOP(C)OCCC#N.CCC1CCCN1C(=O)OCO.CCC1CCCN1C(=O)OCOP(C)OCCC#N.NCCO.OCCO. The molecule has 5 aliphatic heterocycles. The number of likely N-dealkylation sites (tertiary alicyclic amines) is 4. The summed E-state index contributed by atoms with van der Waals surface area (Å²) in [6.45, 7) is 18.7. The van der Waals surface area contributed by atoms with Gasteiger partial charge in [-0.05, 0) is 103 Å². The van der Waals surface area contributed by atoms with Crippen LogP contribution in [0.1, 0.15) is 144 Å². The van der Waals surface area contributed by atoms with Crippen molar-refractivity contribution in [1.82, 2.24) is 35.6 Å². The zero-order valence-electron chi connectivity index (χ0n) is 47.5. The highest BCUT2D eigenvalue weighted by atomic mass is 31.2. The van der Waals surface area contributed by atoms with Crippen molar-refractivity contribution in [2.75, 3.05) is 113 Å². The van der Waals surface area contributed by atoms with E-state index in [0.717, 1.165) is 109 Å². The first-order chi connectivity index (χ1) is 37.2. The monoisotopic (exact) mass is 1140 g/mol. The number of rotatable bonds is 21. The van der Waals surface area contributed by atoms with E-state index in [4.69, 9.17) is 64.6 Å². The van der Waals surface area contributed by atoms with E-state index >= 15 is 0 Å². The summed E-state index contributed by atoms with van der Waals surface area (Å²) in [4.78, 5) is 53.3. The van der Waals surface area contributed by atoms with E-state index in [2.05, 4.69) is 55.3 Å². The molecule has 77 heavy (non-hydrogen) atoms. The van der Waals surface area contributed by atoms with Gasteiger partial charge in [0, 0.05) is 76.3 Å². The molecule has 5 heterocycles. The summed E-state index contributed by atoms with van der Waals surface area (Å²) in [5, 5.41) is 65.2. The number of hydrogen-bond donors (Lipinski definition) is 9. The van der Waals surface area contributed by atoms with Gasteiger partial charge in [0.05, 0.1) is 58.0 Å². The number of nitriles is 2. The molecule has 25 nitrogen and oxygen atoms in total. The Morgan fingerprint density at radius 2 is 1.00 bits per heavy atom. The number of nitrogens with two attached hydrogens (primary N) is 1. The highest BCUT2D eigenvalue weighted by Crippen LogP contribution is 2.34. The van der Waals surface area contributed by atoms with Crippen LogP contribution in [-0.4, -0.2) is 212 Å². The number of aliphatic hydroxyl groups is 5. The third-order valence-corrected chi connectivity index (χ3v) is 14.6. The van der Waals surface area contributed by atoms with E-state index in [1.165, 1.54) is 25.8 Å². The van der Waals surface area contributed by atoms with Crippen LogP contribution in [0.4, 0.5) is 19.2 Å². The predicted octanol–water partition coefficient (Wildman–Crippen LogP) is 5.78. The van der Waals surface area contributed by atoms with Crippen LogP contribution in [0.15, 0.2) is 0 Å². The van der Waals surface area contributed by atoms with Gasteiger partial charge in [-0.3, -0.25) is 4.52 Å². The van der Waals surface area contributed by atoms with Crippen LogP contribution in [0.25, 0.3) is 0 Å². The Labute approximate surface area is 462 Å². The largest absolute Gasteiger partial charge is 0.422 e. The Morgan fingerprint density at radius 1 is 0.584 bits per heavy atom. The molecule has 10 N–H and O–H groups in total. The molecule has 0 aliphatic carbocycles. The number of amides is 6. The van der Waals surface area contributed by atoms with Crippen LogP contribution in [0.5, 0.6) is 0 Å². The number of hydrogen-bond acceptors (Lipinski definition) is 19. The van der Waals surface area contributed by atoms with Gasteiger partial charge in [0.2, 0.25) is 0 Å². The molecule has 5 saturated heterocycles. The van der Waals surface area contributed by atoms with Gasteiger partial charge in [-0.2, -0.15) is 10.5 Å². The van der Waals surface area contributed by atoms with Gasteiger partial charge >= 0.3 is 24.2 Å². The molecule has 0 aromatic rings. The lowest BCUT2D eigenvalue weighted by Gasteiger charge is -2.24. The van der Waals surface area contributed by atoms with Crippen molar-refractivity contribution < 1.29 is 72.3 Å². The first-order valence-corrected chi connectivity index (χ1v) is 30.6. The Bertz CT molecular complexity index is 1450. The van der Waals surface area contributed by atoms with Gasteiger partial charge in [0.1, 0.15) is 13.5 Å². The minimum absolute atomic E-state index is 0.0650. The summed E-state index contributed by atoms with van der Waals surface area (Å²) in [6, 6.07) is 5.96. The maximum absolute atomic E-state index is 11.9. The molecule has 0 aromatic heterocycles. The second kappa shape index (κ2) is 51.9. The summed E-state index contributed by atoms with van der Waals surface area (Å²) in [5.41, 5.74) is 4.78. The second-order valence-corrected chi connectivity index (χ2v) is 20.5. The average Bonchev–Trinajstić information content (AvgIpc) is 4.32. The number of carbonyl (C=O) groups is 4. The lowest BCUT2D eigenvalue weighted by molar-refractivity contribution is 0.0198. The molecule has 7 atom stereocenters. The normalized spacial score (nSPS) is 20.6. The molecule has 0 bridgehead atoms. The van der Waals surface area contributed by atoms with Crippen LogP contribution in [-0.2, 0) is 27.6 Å². The summed E-state index contributed by atoms with van der Waals surface area (Å²) in [7, 11) is -2.13. The number of nitrogens with zero attached hydrogens (tertiary/aromatic N) is 6. The summed E-state index contributed by atoms with van der Waals surface area (Å²) >= 11 is 0. The number of urea groups is 2. The van der Waals surface area contributed by atoms with Gasteiger partial charge < -0.3 is 89.9 Å². The Hall–Kier alpha value is -3.52. The van der Waals surface area contributed by atoms with Crippen molar-refractivity contribution in [3.05, 3.63) is 0 Å². The van der Waals surface area contributed by atoms with Crippen molar-refractivity contribution in [2.24, 2.45) is 5.73 Å². The fourth-order valence-corrected chi connectivity index (χ4v) is 9.80. The molecule has 5 fully saturated rings. The third-order valence-electron chi connectivity index (χ3n) is 12.5. The van der Waals surface area contributed by atoms with Crippen LogP contribution >= 0.6 is 16.8 Å². The van der Waals surface area contributed by atoms with E-state index in [-0.39, 0.29) is 64.3 Å². The van der Waals surface area contributed by atoms with Crippen LogP contribution in [0.2, 0.25) is 0 Å². The predicted molar refractivity (Wildman–Crippen MR) is 296 cm³/mol. The zero-order chi connectivity index (χ0) is 58.1. The Kier molecular flexibility index (Phi) is 50.9. The van der Waals surface area contributed by atoms with Crippen LogP contribution < -0.4 is 21.7 Å². The standard InChI is InChI=1S/C12H22N3O3P.C12H21N2O4P.C8H16N2O2.C8H15NO3.C6H13N.C2H7NO.C2H6O2/c1-3-11-6-4-8-15(11)12(16)14-10-18-19(2)17-9-5-7-13;1-3-11-6-4-8-14(11)12(15)16-10-18-19(2)17-9-5-7-13;1-2-7-4-3-5-10(7)8(12)9-6-11;1-2-7-4-3-5-9(7)8(11)12-6-10;1-2-6-4-3-5-7-6;2*3-1-2-4/h11H,3-6,8-10H2,1-2H3,(H,14,16);11H,3-6,8-10H2,1-2H3;7,11H,2-6H2,1H3,(H,9,12);7,10H,2-6H2,1H3;6-7H,2-5H2,1H3;4H,1-3H2;3-4H,1-2H2.